The molecule has 0 spiro atoms. The maximum absolute atomic E-state index is 15.4. The Morgan fingerprint density at radius 2 is 2.03 bits per heavy atom. The summed E-state index contributed by atoms with van der Waals surface area (Å²) >= 11 is 0. The van der Waals surface area contributed by atoms with E-state index in [1.165, 1.54) is 24.1 Å². The fourth-order valence-corrected chi connectivity index (χ4v) is 4.55. The highest BCUT2D eigenvalue weighted by Gasteiger charge is 2.41. The fraction of sp³-hybridized carbons (Fsp3) is 0.478. The molecule has 1 aliphatic heterocycles. The summed E-state index contributed by atoms with van der Waals surface area (Å²) in [6, 6.07) is 2.20. The Morgan fingerprint density at radius 1 is 1.29 bits per heavy atom. The average molecular weight is 474 g/mol. The number of carboxylic acid groups (broad SMARTS) is 1. The quantitative estimate of drug-likeness (QED) is 0.626. The first-order valence-electron chi connectivity index (χ1n) is 11.2. The first-order valence-corrected chi connectivity index (χ1v) is 11.2. The normalized spacial score (nSPS) is 20.1. The second-order valence-electron chi connectivity index (χ2n) is 8.27. The summed E-state index contributed by atoms with van der Waals surface area (Å²) in [7, 11) is 3.04. The molecule has 10 nitrogen and oxygen atoms in total. The number of nitrogens with one attached hydrogen (secondary N) is 1. The van der Waals surface area contributed by atoms with Crippen molar-refractivity contribution in [2.24, 2.45) is 5.92 Å². The number of hydrogen-bond donors (Lipinski definition) is 2. The van der Waals surface area contributed by atoms with E-state index in [9.17, 15) is 14.7 Å². The highest BCUT2D eigenvalue weighted by atomic mass is 19.1. The van der Waals surface area contributed by atoms with Gasteiger partial charge in [0, 0.05) is 37.0 Å². The van der Waals surface area contributed by atoms with E-state index >= 15 is 4.39 Å². The number of rotatable bonds is 7. The zero-order valence-corrected chi connectivity index (χ0v) is 19.4. The van der Waals surface area contributed by atoms with Gasteiger partial charge in [0.05, 0.1) is 31.9 Å². The SMILES string of the molecule is CCOc1cc(OC)c(F)c(N2Cc3cnc(NC)nc3N(C3CCC(C(=O)O)CC3)C2=O)c1. The van der Waals surface area contributed by atoms with Crippen LogP contribution < -0.4 is 24.6 Å². The third kappa shape index (κ3) is 4.29. The lowest BCUT2D eigenvalue weighted by Gasteiger charge is -2.42. The zero-order valence-electron chi connectivity index (χ0n) is 19.4. The molecule has 2 amide bonds. The second kappa shape index (κ2) is 9.70. The van der Waals surface area contributed by atoms with Gasteiger partial charge in [0.25, 0.3) is 0 Å². The lowest BCUT2D eigenvalue weighted by molar-refractivity contribution is -0.142. The Balaban J connectivity index is 1.77. The molecule has 2 aliphatic rings. The van der Waals surface area contributed by atoms with Gasteiger partial charge in [0.15, 0.2) is 11.6 Å². The number of methoxy groups -OCH3 is 1. The minimum atomic E-state index is -0.827. The van der Waals surface area contributed by atoms with Crippen molar-refractivity contribution in [1.82, 2.24) is 9.97 Å². The molecule has 11 heteroatoms. The molecule has 0 radical (unpaired) electrons. The first kappa shape index (κ1) is 23.5. The van der Waals surface area contributed by atoms with Crippen LogP contribution in [0.15, 0.2) is 18.3 Å². The number of anilines is 3. The molecule has 1 fully saturated rings. The number of fused-ring (bicyclic) bond motifs is 1. The van der Waals surface area contributed by atoms with Crippen LogP contribution in [0.5, 0.6) is 11.5 Å². The van der Waals surface area contributed by atoms with E-state index in [0.29, 0.717) is 55.4 Å². The Hall–Kier alpha value is -3.63. The summed E-state index contributed by atoms with van der Waals surface area (Å²) in [6.07, 6.45) is 3.51. The standard InChI is InChI=1S/C23H28FN5O5/c1-4-34-16-9-17(19(24)18(10-16)33-3)28-12-14-11-26-22(25-2)27-20(14)29(23(28)32)15-7-5-13(6-8-15)21(30)31/h9-11,13,15H,4-8,12H2,1-3H3,(H,30,31)(H,25,26,27). The zero-order chi connectivity index (χ0) is 24.4. The number of benzene rings is 1. The minimum Gasteiger partial charge on any atom is -0.494 e. The summed E-state index contributed by atoms with van der Waals surface area (Å²) in [5.41, 5.74) is 0.680. The molecule has 1 saturated carbocycles. The van der Waals surface area contributed by atoms with Crippen LogP contribution in [-0.2, 0) is 11.3 Å². The number of urea groups is 1. The molecule has 0 atom stereocenters. The van der Waals surface area contributed by atoms with Crippen molar-refractivity contribution < 1.29 is 28.6 Å². The number of ether oxygens (including phenoxy) is 2. The third-order valence-electron chi connectivity index (χ3n) is 6.29. The second-order valence-corrected chi connectivity index (χ2v) is 8.27. The topological polar surface area (TPSA) is 117 Å². The van der Waals surface area contributed by atoms with Crippen molar-refractivity contribution in [3.05, 3.63) is 29.7 Å². The molecule has 1 aliphatic carbocycles. The first-order chi connectivity index (χ1) is 16.4. The van der Waals surface area contributed by atoms with Gasteiger partial charge in [0.2, 0.25) is 5.95 Å². The van der Waals surface area contributed by atoms with E-state index in [4.69, 9.17) is 9.47 Å². The van der Waals surface area contributed by atoms with Crippen molar-refractivity contribution in [3.8, 4) is 11.5 Å². The number of carboxylic acids is 1. The molecule has 4 rings (SSSR count). The predicted molar refractivity (Wildman–Crippen MR) is 123 cm³/mol. The summed E-state index contributed by atoms with van der Waals surface area (Å²) < 4.78 is 26.1. The Morgan fingerprint density at radius 3 is 2.65 bits per heavy atom. The van der Waals surface area contributed by atoms with Crippen molar-refractivity contribution in [2.45, 2.75) is 45.2 Å². The monoisotopic (exact) mass is 473 g/mol. The Labute approximate surface area is 196 Å². The largest absolute Gasteiger partial charge is 0.494 e. The third-order valence-corrected chi connectivity index (χ3v) is 6.29. The van der Waals surface area contributed by atoms with E-state index in [1.807, 2.05) is 6.92 Å². The molecular weight excluding hydrogens is 445 g/mol. The molecule has 1 aromatic carbocycles. The molecule has 0 bridgehead atoms. The van der Waals surface area contributed by atoms with Crippen LogP contribution >= 0.6 is 0 Å². The van der Waals surface area contributed by atoms with Crippen molar-refractivity contribution in [2.75, 3.05) is 35.9 Å². The Kier molecular flexibility index (Phi) is 6.71. The molecular formula is C23H28FN5O5. The molecule has 1 aromatic heterocycles. The van der Waals surface area contributed by atoms with Gasteiger partial charge < -0.3 is 19.9 Å². The number of nitrogens with zero attached hydrogens (tertiary/aromatic N) is 4. The molecule has 34 heavy (non-hydrogen) atoms. The molecule has 0 unspecified atom stereocenters. The van der Waals surface area contributed by atoms with E-state index in [0.717, 1.165) is 0 Å². The fourth-order valence-electron chi connectivity index (χ4n) is 4.55. The smallest absolute Gasteiger partial charge is 0.330 e. The predicted octanol–water partition coefficient (Wildman–Crippen LogP) is 3.65. The number of carbonyl (C=O) groups is 2. The molecule has 2 aromatic rings. The van der Waals surface area contributed by atoms with Crippen LogP contribution in [0.3, 0.4) is 0 Å². The lowest BCUT2D eigenvalue weighted by atomic mass is 9.85. The molecule has 0 saturated heterocycles. The van der Waals surface area contributed by atoms with Gasteiger partial charge in [-0.1, -0.05) is 0 Å². The Bertz CT molecular complexity index is 1090. The van der Waals surface area contributed by atoms with Gasteiger partial charge in [0.1, 0.15) is 11.6 Å². The number of carbonyl (C=O) groups excluding carboxylic acids is 1. The number of hydrogen-bond acceptors (Lipinski definition) is 7. The summed E-state index contributed by atoms with van der Waals surface area (Å²) in [4.78, 5) is 36.9. The molecule has 2 heterocycles. The minimum absolute atomic E-state index is 0.0281. The van der Waals surface area contributed by atoms with E-state index < -0.39 is 23.7 Å². The van der Waals surface area contributed by atoms with Crippen molar-refractivity contribution in [1.29, 1.82) is 0 Å². The van der Waals surface area contributed by atoms with E-state index in [2.05, 4.69) is 15.3 Å². The van der Waals surface area contributed by atoms with E-state index in [-0.39, 0.29) is 24.0 Å². The van der Waals surface area contributed by atoms with Gasteiger partial charge >= 0.3 is 12.0 Å². The van der Waals surface area contributed by atoms with Crippen molar-refractivity contribution in [3.63, 3.8) is 0 Å². The van der Waals surface area contributed by atoms with Crippen molar-refractivity contribution >= 4 is 29.5 Å². The van der Waals surface area contributed by atoms with Crippen LogP contribution in [-0.4, -0.2) is 53.9 Å². The van der Waals surface area contributed by atoms with Gasteiger partial charge in [-0.15, -0.1) is 0 Å². The summed E-state index contributed by atoms with van der Waals surface area (Å²) in [6.45, 7) is 2.24. The maximum Gasteiger partial charge on any atom is 0.330 e. The molecule has 182 valence electrons. The summed E-state index contributed by atoms with van der Waals surface area (Å²) in [5.74, 6) is -0.783. The lowest BCUT2D eigenvalue weighted by Crippen LogP contribution is -2.53. The van der Waals surface area contributed by atoms with Crippen LogP contribution in [0, 0.1) is 11.7 Å². The van der Waals surface area contributed by atoms with Gasteiger partial charge in [-0.2, -0.15) is 4.98 Å². The van der Waals surface area contributed by atoms with E-state index in [1.54, 1.807) is 18.1 Å². The maximum atomic E-state index is 15.4. The van der Waals surface area contributed by atoms with Crippen LogP contribution in [0.2, 0.25) is 0 Å². The van der Waals surface area contributed by atoms with Gasteiger partial charge in [-0.25, -0.2) is 14.2 Å². The van der Waals surface area contributed by atoms with Gasteiger partial charge in [-0.3, -0.25) is 14.6 Å². The van der Waals surface area contributed by atoms with Crippen LogP contribution in [0.25, 0.3) is 0 Å². The highest BCUT2D eigenvalue weighted by Crippen LogP contribution is 2.40. The number of aliphatic carboxylic acids is 1. The highest BCUT2D eigenvalue weighted by molar-refractivity contribution is 6.06. The number of amides is 2. The van der Waals surface area contributed by atoms with Gasteiger partial charge in [-0.05, 0) is 32.6 Å². The number of halogens is 1. The van der Waals surface area contributed by atoms with Crippen LogP contribution in [0.1, 0.15) is 38.2 Å². The average Bonchev–Trinajstić information content (AvgIpc) is 2.84. The number of aromatic nitrogens is 2. The summed E-state index contributed by atoms with van der Waals surface area (Å²) in [5, 5.41) is 12.3. The molecule has 2 N–H and O–H groups in total. The van der Waals surface area contributed by atoms with Crippen LogP contribution in [0.4, 0.5) is 26.6 Å².